The summed E-state index contributed by atoms with van der Waals surface area (Å²) < 4.78 is 19.8. The summed E-state index contributed by atoms with van der Waals surface area (Å²) in [6, 6.07) is 5.29. The number of ether oxygens (including phenoxy) is 4. The second-order valence-electron chi connectivity index (χ2n) is 4.00. The molecular formula is C14H14O6. The minimum absolute atomic E-state index is 0.130. The monoisotopic (exact) mass is 278 g/mol. The summed E-state index contributed by atoms with van der Waals surface area (Å²) in [5.41, 5.74) is 0.826. The minimum atomic E-state index is -0.591. The lowest BCUT2D eigenvalue weighted by Crippen LogP contribution is -2.11. The standard InChI is InChI=1S/C14H14O6/c1-17-12(15)7-10(14(16)18-2)6-9-4-3-5-11-13(9)20-8-19-11/h3-6H,7-8H2,1-2H3. The van der Waals surface area contributed by atoms with E-state index in [1.165, 1.54) is 20.3 Å². The molecule has 0 N–H and O–H groups in total. The smallest absolute Gasteiger partial charge is 0.334 e. The van der Waals surface area contributed by atoms with Crippen LogP contribution >= 0.6 is 0 Å². The number of rotatable bonds is 4. The van der Waals surface area contributed by atoms with E-state index in [-0.39, 0.29) is 18.8 Å². The normalized spacial score (nSPS) is 13.0. The van der Waals surface area contributed by atoms with E-state index in [1.807, 2.05) is 0 Å². The third-order valence-corrected chi connectivity index (χ3v) is 2.77. The Balaban J connectivity index is 2.35. The highest BCUT2D eigenvalue weighted by Gasteiger charge is 2.19. The molecule has 0 spiro atoms. The fourth-order valence-electron chi connectivity index (χ4n) is 1.80. The molecule has 6 heteroatoms. The van der Waals surface area contributed by atoms with Crippen LogP contribution in [0.3, 0.4) is 0 Å². The first-order valence-corrected chi connectivity index (χ1v) is 5.90. The molecule has 0 bridgehead atoms. The fourth-order valence-corrected chi connectivity index (χ4v) is 1.80. The maximum atomic E-state index is 11.7. The Morgan fingerprint density at radius 2 is 2.05 bits per heavy atom. The number of benzene rings is 1. The number of hydrogen-bond acceptors (Lipinski definition) is 6. The molecule has 0 aliphatic carbocycles. The summed E-state index contributed by atoms with van der Waals surface area (Å²) in [4.78, 5) is 23.0. The Hall–Kier alpha value is -2.50. The van der Waals surface area contributed by atoms with Crippen LogP contribution in [0.5, 0.6) is 11.5 Å². The molecule has 1 aliphatic rings. The lowest BCUT2D eigenvalue weighted by atomic mass is 10.1. The van der Waals surface area contributed by atoms with E-state index in [4.69, 9.17) is 9.47 Å². The quantitative estimate of drug-likeness (QED) is 0.614. The maximum absolute atomic E-state index is 11.7. The average Bonchev–Trinajstić information content (AvgIpc) is 2.94. The van der Waals surface area contributed by atoms with Crippen molar-refractivity contribution in [3.8, 4) is 11.5 Å². The molecular weight excluding hydrogens is 264 g/mol. The second kappa shape index (κ2) is 6.10. The lowest BCUT2D eigenvalue weighted by molar-refractivity contribution is -0.143. The van der Waals surface area contributed by atoms with Gasteiger partial charge in [0.1, 0.15) is 0 Å². The summed E-state index contributed by atoms with van der Waals surface area (Å²) >= 11 is 0. The van der Waals surface area contributed by atoms with E-state index >= 15 is 0 Å². The Bertz CT molecular complexity index is 561. The van der Waals surface area contributed by atoms with E-state index in [1.54, 1.807) is 18.2 Å². The first kappa shape index (κ1) is 13.9. The number of para-hydroxylation sites is 1. The van der Waals surface area contributed by atoms with Gasteiger partial charge in [-0.3, -0.25) is 4.79 Å². The first-order valence-electron chi connectivity index (χ1n) is 5.90. The number of hydrogen-bond donors (Lipinski definition) is 0. The van der Waals surface area contributed by atoms with Crippen molar-refractivity contribution >= 4 is 18.0 Å². The van der Waals surface area contributed by atoms with Crippen molar-refractivity contribution in [1.82, 2.24) is 0 Å². The molecule has 0 saturated carbocycles. The zero-order chi connectivity index (χ0) is 14.5. The zero-order valence-electron chi connectivity index (χ0n) is 11.2. The third-order valence-electron chi connectivity index (χ3n) is 2.77. The summed E-state index contributed by atoms with van der Waals surface area (Å²) in [6.45, 7) is 0.130. The van der Waals surface area contributed by atoms with Crippen LogP contribution in [0, 0.1) is 0 Å². The summed E-state index contributed by atoms with van der Waals surface area (Å²) in [5.74, 6) is 0.0260. The van der Waals surface area contributed by atoms with Crippen molar-refractivity contribution in [2.75, 3.05) is 21.0 Å². The van der Waals surface area contributed by atoms with Crippen molar-refractivity contribution in [2.45, 2.75) is 6.42 Å². The van der Waals surface area contributed by atoms with E-state index in [0.717, 1.165) is 0 Å². The van der Waals surface area contributed by atoms with E-state index < -0.39 is 11.9 Å². The molecule has 0 radical (unpaired) electrons. The van der Waals surface area contributed by atoms with Gasteiger partial charge in [0.15, 0.2) is 11.5 Å². The topological polar surface area (TPSA) is 71.1 Å². The van der Waals surface area contributed by atoms with Crippen molar-refractivity contribution in [3.05, 3.63) is 29.3 Å². The zero-order valence-corrected chi connectivity index (χ0v) is 11.2. The summed E-state index contributed by atoms with van der Waals surface area (Å²) in [6.07, 6.45) is 1.37. The molecule has 0 aromatic heterocycles. The Kier molecular flexibility index (Phi) is 4.24. The minimum Gasteiger partial charge on any atom is -0.469 e. The largest absolute Gasteiger partial charge is 0.469 e. The van der Waals surface area contributed by atoms with Gasteiger partial charge in [0.25, 0.3) is 0 Å². The molecule has 6 nitrogen and oxygen atoms in total. The second-order valence-corrected chi connectivity index (χ2v) is 4.00. The third kappa shape index (κ3) is 2.90. The Morgan fingerprint density at radius 1 is 1.25 bits per heavy atom. The maximum Gasteiger partial charge on any atom is 0.334 e. The highest BCUT2D eigenvalue weighted by atomic mass is 16.7. The van der Waals surface area contributed by atoms with E-state index in [9.17, 15) is 9.59 Å². The van der Waals surface area contributed by atoms with Gasteiger partial charge in [-0.05, 0) is 12.1 Å². The van der Waals surface area contributed by atoms with Crippen LogP contribution in [0.1, 0.15) is 12.0 Å². The first-order chi connectivity index (χ1) is 9.65. The van der Waals surface area contributed by atoms with Crippen molar-refractivity contribution < 1.29 is 28.5 Å². The van der Waals surface area contributed by atoms with Gasteiger partial charge in [0, 0.05) is 11.1 Å². The fraction of sp³-hybridized carbons (Fsp3) is 0.286. The Labute approximate surface area is 115 Å². The molecule has 1 aromatic rings. The van der Waals surface area contributed by atoms with Crippen LogP contribution in [0.2, 0.25) is 0 Å². The summed E-state index contributed by atoms with van der Waals surface area (Å²) in [5, 5.41) is 0. The van der Waals surface area contributed by atoms with Crippen LogP contribution in [0.15, 0.2) is 23.8 Å². The highest BCUT2D eigenvalue weighted by Crippen LogP contribution is 2.36. The molecule has 106 valence electrons. The molecule has 1 aliphatic heterocycles. The molecule has 20 heavy (non-hydrogen) atoms. The molecule has 2 rings (SSSR count). The summed E-state index contributed by atoms with van der Waals surface area (Å²) in [7, 11) is 2.51. The van der Waals surface area contributed by atoms with Gasteiger partial charge in [0.2, 0.25) is 6.79 Å². The van der Waals surface area contributed by atoms with Gasteiger partial charge in [-0.2, -0.15) is 0 Å². The highest BCUT2D eigenvalue weighted by molar-refractivity contribution is 5.98. The van der Waals surface area contributed by atoms with Gasteiger partial charge in [-0.25, -0.2) is 4.79 Å². The average molecular weight is 278 g/mol. The van der Waals surface area contributed by atoms with Crippen molar-refractivity contribution in [2.24, 2.45) is 0 Å². The number of esters is 2. The van der Waals surface area contributed by atoms with Gasteiger partial charge in [0.05, 0.1) is 20.6 Å². The van der Waals surface area contributed by atoms with Crippen LogP contribution in [-0.4, -0.2) is 33.0 Å². The van der Waals surface area contributed by atoms with Gasteiger partial charge in [-0.1, -0.05) is 12.1 Å². The molecule has 0 fully saturated rings. The SMILES string of the molecule is COC(=O)CC(=Cc1cccc2c1OCO2)C(=O)OC. The number of fused-ring (bicyclic) bond motifs is 1. The molecule has 1 aromatic carbocycles. The van der Waals surface area contributed by atoms with Gasteiger partial charge < -0.3 is 18.9 Å². The van der Waals surface area contributed by atoms with Crippen LogP contribution in [0.4, 0.5) is 0 Å². The van der Waals surface area contributed by atoms with Crippen molar-refractivity contribution in [1.29, 1.82) is 0 Å². The van der Waals surface area contributed by atoms with Crippen LogP contribution in [0.25, 0.3) is 6.08 Å². The van der Waals surface area contributed by atoms with Crippen LogP contribution in [-0.2, 0) is 19.1 Å². The number of carbonyl (C=O) groups is 2. The van der Waals surface area contributed by atoms with Crippen LogP contribution < -0.4 is 9.47 Å². The molecule has 0 atom stereocenters. The van der Waals surface area contributed by atoms with E-state index in [2.05, 4.69) is 9.47 Å². The molecule has 0 amide bonds. The number of methoxy groups -OCH3 is 2. The molecule has 1 heterocycles. The lowest BCUT2D eigenvalue weighted by Gasteiger charge is -2.06. The van der Waals surface area contributed by atoms with Crippen molar-refractivity contribution in [3.63, 3.8) is 0 Å². The molecule has 0 unspecified atom stereocenters. The predicted molar refractivity (Wildman–Crippen MR) is 69.2 cm³/mol. The molecule has 0 saturated heterocycles. The predicted octanol–water partition coefficient (Wildman–Crippen LogP) is 1.53. The van der Waals surface area contributed by atoms with Gasteiger partial charge in [-0.15, -0.1) is 0 Å². The van der Waals surface area contributed by atoms with Gasteiger partial charge >= 0.3 is 11.9 Å². The Morgan fingerprint density at radius 3 is 2.75 bits per heavy atom. The number of carbonyl (C=O) groups excluding carboxylic acids is 2. The van der Waals surface area contributed by atoms with E-state index in [0.29, 0.717) is 17.1 Å².